The molecule has 0 bridgehead atoms. The van der Waals surface area contributed by atoms with Gasteiger partial charge in [-0.2, -0.15) is 0 Å². The molecule has 20 heavy (non-hydrogen) atoms. The van der Waals surface area contributed by atoms with Crippen LogP contribution >= 0.6 is 38.9 Å². The van der Waals surface area contributed by atoms with Crippen molar-refractivity contribution in [1.29, 1.82) is 0 Å². The van der Waals surface area contributed by atoms with Gasteiger partial charge in [0.05, 0.1) is 15.6 Å². The van der Waals surface area contributed by atoms with Crippen molar-refractivity contribution in [3.8, 4) is 0 Å². The molecule has 1 amide bonds. The molecule has 0 saturated carbocycles. The summed E-state index contributed by atoms with van der Waals surface area (Å²) >= 11 is 10.4. The van der Waals surface area contributed by atoms with Gasteiger partial charge >= 0.3 is 0 Å². The number of halogens is 2. The van der Waals surface area contributed by atoms with Crippen molar-refractivity contribution >= 4 is 60.5 Å². The fourth-order valence-electron chi connectivity index (χ4n) is 1.41. The van der Waals surface area contributed by atoms with Crippen molar-refractivity contribution in [2.75, 3.05) is 5.32 Å². The highest BCUT2D eigenvalue weighted by Gasteiger charge is 2.15. The van der Waals surface area contributed by atoms with E-state index >= 15 is 0 Å². The van der Waals surface area contributed by atoms with Crippen LogP contribution in [0.15, 0.2) is 39.0 Å². The molecule has 0 aliphatic heterocycles. The summed E-state index contributed by atoms with van der Waals surface area (Å²) in [5, 5.41) is 9.56. The van der Waals surface area contributed by atoms with Crippen molar-refractivity contribution in [3.05, 3.63) is 44.0 Å². The molecule has 5 nitrogen and oxygen atoms in total. The third-order valence-electron chi connectivity index (χ3n) is 2.34. The van der Waals surface area contributed by atoms with Gasteiger partial charge in [-0.05, 0) is 45.6 Å². The monoisotopic (exact) mass is 394 g/mol. The zero-order valence-electron chi connectivity index (χ0n) is 9.76. The molecule has 0 unspecified atom stereocenters. The van der Waals surface area contributed by atoms with E-state index in [1.54, 1.807) is 11.4 Å². The van der Waals surface area contributed by atoms with E-state index in [0.29, 0.717) is 9.35 Å². The lowest BCUT2D eigenvalue weighted by molar-refractivity contribution is 0.103. The first-order valence-electron chi connectivity index (χ1n) is 5.16. The van der Waals surface area contributed by atoms with Crippen LogP contribution in [0.1, 0.15) is 9.67 Å². The molecular formula is C11H8BrClN2O3S2. The van der Waals surface area contributed by atoms with Gasteiger partial charge in [-0.15, -0.1) is 11.3 Å². The lowest BCUT2D eigenvalue weighted by Crippen LogP contribution is -2.14. The average Bonchev–Trinajstić information content (AvgIpc) is 2.77. The second-order valence-electron chi connectivity index (χ2n) is 3.74. The Hall–Kier alpha value is -0.930. The van der Waals surface area contributed by atoms with Crippen LogP contribution in [0.4, 0.5) is 5.69 Å². The zero-order chi connectivity index (χ0) is 14.9. The van der Waals surface area contributed by atoms with Gasteiger partial charge in [0.25, 0.3) is 5.91 Å². The van der Waals surface area contributed by atoms with E-state index in [0.717, 1.165) is 0 Å². The molecule has 0 spiro atoms. The Kier molecular flexibility index (Phi) is 4.50. The summed E-state index contributed by atoms with van der Waals surface area (Å²) in [7, 11) is -3.86. The van der Waals surface area contributed by atoms with E-state index < -0.39 is 10.0 Å². The van der Waals surface area contributed by atoms with Gasteiger partial charge in [0.1, 0.15) is 4.88 Å². The molecule has 0 fully saturated rings. The molecule has 0 aliphatic rings. The summed E-state index contributed by atoms with van der Waals surface area (Å²) in [6, 6.07) is 5.59. The Morgan fingerprint density at radius 3 is 2.60 bits per heavy atom. The molecule has 1 aromatic carbocycles. The van der Waals surface area contributed by atoms with Crippen molar-refractivity contribution in [1.82, 2.24) is 0 Å². The average molecular weight is 396 g/mol. The van der Waals surface area contributed by atoms with E-state index in [9.17, 15) is 13.2 Å². The number of hydrogen-bond acceptors (Lipinski definition) is 4. The summed E-state index contributed by atoms with van der Waals surface area (Å²) in [5.74, 6) is -0.389. The van der Waals surface area contributed by atoms with E-state index in [-0.39, 0.29) is 21.5 Å². The smallest absolute Gasteiger partial charge is 0.266 e. The van der Waals surface area contributed by atoms with Crippen LogP contribution < -0.4 is 10.5 Å². The molecule has 1 aromatic heterocycles. The predicted molar refractivity (Wildman–Crippen MR) is 82.8 cm³/mol. The fourth-order valence-corrected chi connectivity index (χ4v) is 3.56. The fraction of sp³-hybridized carbons (Fsp3) is 0. The van der Waals surface area contributed by atoms with Crippen molar-refractivity contribution < 1.29 is 13.2 Å². The number of carbonyl (C=O) groups excluding carboxylic acids is 1. The minimum Gasteiger partial charge on any atom is -0.320 e. The number of carbonyl (C=O) groups is 1. The molecular weight excluding hydrogens is 388 g/mol. The molecule has 2 aromatic rings. The number of benzene rings is 1. The van der Waals surface area contributed by atoms with Gasteiger partial charge in [0.15, 0.2) is 0 Å². The van der Waals surface area contributed by atoms with E-state index in [2.05, 4.69) is 21.2 Å². The molecule has 9 heteroatoms. The topological polar surface area (TPSA) is 89.3 Å². The number of hydrogen-bond donors (Lipinski definition) is 2. The number of thiophene rings is 1. The van der Waals surface area contributed by atoms with Crippen molar-refractivity contribution in [2.45, 2.75) is 4.90 Å². The number of primary sulfonamides is 1. The first-order valence-corrected chi connectivity index (χ1v) is 8.75. The van der Waals surface area contributed by atoms with E-state index in [1.165, 1.54) is 29.5 Å². The number of nitrogens with two attached hydrogens (primary N) is 1. The molecule has 0 aliphatic carbocycles. The molecule has 0 atom stereocenters. The number of anilines is 1. The zero-order valence-corrected chi connectivity index (χ0v) is 13.7. The molecule has 106 valence electrons. The summed E-state index contributed by atoms with van der Waals surface area (Å²) in [6.07, 6.45) is 0. The van der Waals surface area contributed by atoms with Crippen molar-refractivity contribution in [2.24, 2.45) is 5.14 Å². The van der Waals surface area contributed by atoms with Crippen LogP contribution in [-0.2, 0) is 10.0 Å². The predicted octanol–water partition coefficient (Wildman–Crippen LogP) is 3.06. The molecule has 3 N–H and O–H groups in total. The first-order chi connectivity index (χ1) is 9.29. The van der Waals surface area contributed by atoms with Crippen LogP contribution in [0.5, 0.6) is 0 Å². The molecule has 2 rings (SSSR count). The molecule has 1 heterocycles. The van der Waals surface area contributed by atoms with Crippen LogP contribution in [0.3, 0.4) is 0 Å². The standard InChI is InChI=1S/C11H8BrClN2O3S2/c12-7-3-4-19-10(7)11(16)15-9-5-6(20(14,17)18)1-2-8(9)13/h1-5H,(H,15,16)(H2,14,17,18). The minimum atomic E-state index is -3.86. The summed E-state index contributed by atoms with van der Waals surface area (Å²) in [5.41, 5.74) is 0.184. The lowest BCUT2D eigenvalue weighted by Gasteiger charge is -2.08. The quantitative estimate of drug-likeness (QED) is 0.837. The largest absolute Gasteiger partial charge is 0.320 e. The normalized spacial score (nSPS) is 11.3. The number of amides is 1. The maximum Gasteiger partial charge on any atom is 0.266 e. The minimum absolute atomic E-state index is 0.123. The van der Waals surface area contributed by atoms with Gasteiger partial charge in [0, 0.05) is 4.47 Å². The first kappa shape index (κ1) is 15.5. The summed E-state index contributed by atoms with van der Waals surface area (Å²) in [4.78, 5) is 12.4. The Bertz CT molecular complexity index is 774. The second kappa shape index (κ2) is 5.82. The SMILES string of the molecule is NS(=O)(=O)c1ccc(Cl)c(NC(=O)c2sccc2Br)c1. The van der Waals surface area contributed by atoms with Gasteiger partial charge in [-0.3, -0.25) is 4.79 Å². The Morgan fingerprint density at radius 2 is 2.05 bits per heavy atom. The van der Waals surface area contributed by atoms with Crippen LogP contribution in [0, 0.1) is 0 Å². The molecule has 0 radical (unpaired) electrons. The van der Waals surface area contributed by atoms with E-state index in [1.807, 2.05) is 0 Å². The maximum atomic E-state index is 12.0. The highest BCUT2D eigenvalue weighted by Crippen LogP contribution is 2.28. The number of sulfonamides is 1. The highest BCUT2D eigenvalue weighted by atomic mass is 79.9. The Labute approximate surface area is 132 Å². The third kappa shape index (κ3) is 3.39. The maximum absolute atomic E-state index is 12.0. The van der Waals surface area contributed by atoms with Gasteiger partial charge in [-0.25, -0.2) is 13.6 Å². The third-order valence-corrected chi connectivity index (χ3v) is 5.42. The van der Waals surface area contributed by atoms with Crippen LogP contribution in [-0.4, -0.2) is 14.3 Å². The lowest BCUT2D eigenvalue weighted by atomic mass is 10.3. The summed E-state index contributed by atoms with van der Waals surface area (Å²) < 4.78 is 23.2. The number of nitrogens with one attached hydrogen (secondary N) is 1. The Balaban J connectivity index is 2.34. The van der Waals surface area contributed by atoms with Crippen LogP contribution in [0.25, 0.3) is 0 Å². The summed E-state index contributed by atoms with van der Waals surface area (Å²) in [6.45, 7) is 0. The van der Waals surface area contributed by atoms with Gasteiger partial charge in [-0.1, -0.05) is 11.6 Å². The van der Waals surface area contributed by atoms with Crippen molar-refractivity contribution in [3.63, 3.8) is 0 Å². The van der Waals surface area contributed by atoms with Gasteiger partial charge in [0.2, 0.25) is 10.0 Å². The van der Waals surface area contributed by atoms with E-state index in [4.69, 9.17) is 16.7 Å². The van der Waals surface area contributed by atoms with Crippen LogP contribution in [0.2, 0.25) is 5.02 Å². The Morgan fingerprint density at radius 1 is 1.35 bits per heavy atom. The number of rotatable bonds is 3. The highest BCUT2D eigenvalue weighted by molar-refractivity contribution is 9.10. The van der Waals surface area contributed by atoms with Gasteiger partial charge < -0.3 is 5.32 Å². The second-order valence-corrected chi connectivity index (χ2v) is 7.48. The molecule has 0 saturated heterocycles.